The molecule has 8 aromatic rings. The van der Waals surface area contributed by atoms with Crippen LogP contribution in [-0.2, 0) is 4.74 Å². The molecule has 0 aliphatic heterocycles. The summed E-state index contributed by atoms with van der Waals surface area (Å²) in [6, 6.07) is 29.7. The molecule has 4 amide bonds. The molecule has 6 aromatic carbocycles. The molecular weight excluding hydrogens is 1140 g/mol. The van der Waals surface area contributed by atoms with E-state index >= 15 is 0 Å². The number of aliphatic hydroxyl groups is 1. The van der Waals surface area contributed by atoms with E-state index in [0.717, 1.165) is 67.2 Å². The van der Waals surface area contributed by atoms with E-state index in [0.29, 0.717) is 102 Å². The fraction of sp³-hybridized carbons (Fsp3) is 0.312. The number of halogens is 5. The molecule has 87 heavy (non-hydrogen) atoms. The molecule has 3 radical (unpaired) electrons. The van der Waals surface area contributed by atoms with Gasteiger partial charge in [0.1, 0.15) is 45.8 Å². The number of fused-ring (bicyclic) bond motifs is 2. The zero-order valence-corrected chi connectivity index (χ0v) is 50.9. The van der Waals surface area contributed by atoms with Crippen molar-refractivity contribution in [3.05, 3.63) is 143 Å². The van der Waals surface area contributed by atoms with Gasteiger partial charge in [0.25, 0.3) is 29.9 Å². The second-order valence-electron chi connectivity index (χ2n) is 21.7. The van der Waals surface area contributed by atoms with Gasteiger partial charge in [0.2, 0.25) is 0 Å². The SMILES string of the molecule is CCNc1cc2oc(-c3ccc(F)cc3)c(C(=O)NC)c2cc1-c1ccc(OC)c(C(=O)NC23CC(C2)C3)c1.CCOC(O)C(F)(F)F.CNC(=O)c1c(-c2ccc(F)cc2)oc2cc(N)c(-c3ccc(OC)c(C(=O)NC45CC(C4)C5)c3)cc12.[B].[H-].[Na+]. The number of hydrogen-bond acceptors (Lipinski definition) is 12. The smallest absolute Gasteiger partial charge is 1.00 e. The summed E-state index contributed by atoms with van der Waals surface area (Å²) in [6.45, 7) is 3.86. The molecule has 2 aromatic heterocycles. The molecule has 4 bridgehead atoms. The van der Waals surface area contributed by atoms with E-state index in [9.17, 15) is 41.1 Å². The molecule has 449 valence electrons. The van der Waals surface area contributed by atoms with Crippen LogP contribution in [-0.4, -0.2) is 102 Å². The van der Waals surface area contributed by atoms with E-state index < -0.39 is 12.5 Å². The Hall–Kier alpha value is -7.89. The van der Waals surface area contributed by atoms with Crippen LogP contribution in [0.4, 0.5) is 33.3 Å². The minimum atomic E-state index is -4.66. The quantitative estimate of drug-likeness (QED) is 0.0209. The number of nitrogens with two attached hydrogens (primary N) is 1. The number of furan rings is 2. The summed E-state index contributed by atoms with van der Waals surface area (Å²) in [4.78, 5) is 52.5. The predicted octanol–water partition coefficient (Wildman–Crippen LogP) is 8.77. The second kappa shape index (κ2) is 26.2. The normalized spacial score (nSPS) is 18.5. The number of methoxy groups -OCH3 is 2. The van der Waals surface area contributed by atoms with Gasteiger partial charge in [0.15, 0.2) is 0 Å². The van der Waals surface area contributed by atoms with E-state index in [-0.39, 0.29) is 92.3 Å². The Morgan fingerprint density at radius 3 is 1.39 bits per heavy atom. The van der Waals surface area contributed by atoms with Crippen molar-refractivity contribution < 1.29 is 100 Å². The topological polar surface area (TPSA) is 229 Å². The van der Waals surface area contributed by atoms with Crippen molar-refractivity contribution in [2.24, 2.45) is 11.8 Å². The minimum absolute atomic E-state index is 0. The number of aliphatic hydroxyl groups excluding tert-OH is 1. The van der Waals surface area contributed by atoms with Crippen molar-refractivity contribution >= 4 is 65.4 Å². The van der Waals surface area contributed by atoms with Crippen molar-refractivity contribution in [2.45, 2.75) is 75.9 Å². The maximum Gasteiger partial charge on any atom is 1.00 e. The average Bonchev–Trinajstić information content (AvgIpc) is 1.39. The zero-order valence-electron chi connectivity index (χ0n) is 49.9. The molecule has 1 atom stereocenters. The molecule has 0 saturated heterocycles. The van der Waals surface area contributed by atoms with Crippen molar-refractivity contribution in [1.29, 1.82) is 0 Å². The number of benzene rings is 6. The zero-order chi connectivity index (χ0) is 60.7. The Morgan fingerprint density at radius 2 is 1.03 bits per heavy atom. The average molecular weight is 1210 g/mol. The van der Waals surface area contributed by atoms with Gasteiger partial charge >= 0.3 is 35.7 Å². The van der Waals surface area contributed by atoms with Crippen LogP contribution >= 0.6 is 0 Å². The summed E-state index contributed by atoms with van der Waals surface area (Å²) < 4.78 is 88.0. The van der Waals surface area contributed by atoms with Gasteiger partial charge in [-0.25, -0.2) is 8.78 Å². The third kappa shape index (κ3) is 13.1. The molecule has 1 unspecified atom stereocenters. The van der Waals surface area contributed by atoms with E-state index in [1.165, 1.54) is 45.3 Å². The van der Waals surface area contributed by atoms with Crippen molar-refractivity contribution in [3.63, 3.8) is 0 Å². The van der Waals surface area contributed by atoms with E-state index in [1.54, 1.807) is 68.8 Å². The number of alkyl halides is 3. The van der Waals surface area contributed by atoms with Crippen LogP contribution in [0.3, 0.4) is 0 Å². The largest absolute Gasteiger partial charge is 1.00 e. The fourth-order valence-electron chi connectivity index (χ4n) is 11.7. The Labute approximate surface area is 523 Å². The van der Waals surface area contributed by atoms with Crippen molar-refractivity contribution in [1.82, 2.24) is 21.3 Å². The van der Waals surface area contributed by atoms with Crippen LogP contribution < -0.4 is 71.3 Å². The van der Waals surface area contributed by atoms with Gasteiger partial charge < -0.3 is 61.9 Å². The van der Waals surface area contributed by atoms with Crippen LogP contribution in [0.2, 0.25) is 0 Å². The van der Waals surface area contributed by atoms with Crippen LogP contribution in [0.1, 0.15) is 95.2 Å². The summed E-state index contributed by atoms with van der Waals surface area (Å²) in [6.07, 6.45) is -1.07. The number of rotatable bonds is 16. The Bertz CT molecular complexity index is 3870. The van der Waals surface area contributed by atoms with Crippen LogP contribution in [0.25, 0.3) is 66.8 Å². The maximum atomic E-state index is 13.6. The number of carbonyl (C=O) groups is 4. The third-order valence-corrected chi connectivity index (χ3v) is 16.1. The molecule has 8 N–H and O–H groups in total. The minimum Gasteiger partial charge on any atom is -1.00 e. The molecule has 23 heteroatoms. The number of nitrogen functional groups attached to an aromatic ring is 1. The van der Waals surface area contributed by atoms with Gasteiger partial charge in [-0.2, -0.15) is 13.2 Å². The molecule has 6 fully saturated rings. The molecule has 14 rings (SSSR count). The van der Waals surface area contributed by atoms with Crippen LogP contribution in [0, 0.1) is 23.5 Å². The predicted molar refractivity (Wildman–Crippen MR) is 318 cm³/mol. The van der Waals surface area contributed by atoms with Crippen molar-refractivity contribution in [3.8, 4) is 56.4 Å². The van der Waals surface area contributed by atoms with Gasteiger partial charge in [-0.15, -0.1) is 0 Å². The van der Waals surface area contributed by atoms with Gasteiger partial charge in [-0.05, 0) is 160 Å². The summed E-state index contributed by atoms with van der Waals surface area (Å²) in [5.74, 6) is 1.39. The molecule has 6 aliphatic carbocycles. The number of hydrogen-bond donors (Lipinski definition) is 7. The molecule has 0 spiro atoms. The van der Waals surface area contributed by atoms with Gasteiger partial charge in [0, 0.05) is 103 Å². The second-order valence-corrected chi connectivity index (χ2v) is 21.7. The van der Waals surface area contributed by atoms with E-state index in [2.05, 4.69) is 31.3 Å². The third-order valence-electron chi connectivity index (χ3n) is 16.1. The molecular formula is C64H64BF5N6NaO10. The standard InChI is InChI=1S/C31H30FN3O4.C29H26FN3O4.C4H7F3O2.B.Na.H/c1-4-34-24-13-26-22(27(30(37)33-2)28(39-26)18-5-8-20(32)9-6-18)12-21(24)19-7-10-25(38-3)23(11-19)29(36)35-31-14-17(15-31)16-31;1-32-28(35)25-20-10-19(22(31)11-24(20)37-26(25)16-3-6-18(30)7-4-16)17-5-8-23(36-2)21(9-17)27(34)33-29-12-15(13-29)14-29;1-2-9-3(8)4(5,6)7;;;/h5-13,17,34H,4,14-16H2,1-3H3,(H,33,37)(H,35,36);3-11,15H,12-14,31H2,1-2H3,(H,32,35)(H,33,34);3,8H,2H2,1H3;;;/q;;;;+1;-1. The summed E-state index contributed by atoms with van der Waals surface area (Å²) in [7, 11) is 6.18. The fourth-order valence-corrected chi connectivity index (χ4v) is 11.7. The first-order valence-electron chi connectivity index (χ1n) is 27.7. The van der Waals surface area contributed by atoms with E-state index in [1.807, 2.05) is 37.3 Å². The van der Waals surface area contributed by atoms with Crippen LogP contribution in [0.5, 0.6) is 11.5 Å². The molecule has 2 heterocycles. The monoisotopic (exact) mass is 1210 g/mol. The van der Waals surface area contributed by atoms with Crippen LogP contribution in [0.15, 0.2) is 118 Å². The van der Waals surface area contributed by atoms with Gasteiger partial charge in [-0.1, -0.05) is 12.1 Å². The Morgan fingerprint density at radius 1 is 0.632 bits per heavy atom. The maximum absolute atomic E-state index is 13.6. The Kier molecular flexibility index (Phi) is 19.6. The summed E-state index contributed by atoms with van der Waals surface area (Å²) in [5, 5.41) is 24.4. The molecule has 16 nitrogen and oxygen atoms in total. The number of nitrogens with one attached hydrogen (secondary N) is 5. The van der Waals surface area contributed by atoms with E-state index in [4.69, 9.17) is 29.1 Å². The summed E-state index contributed by atoms with van der Waals surface area (Å²) in [5.41, 5.74) is 14.1. The number of carbonyl (C=O) groups excluding carboxylic acids is 4. The molecule has 6 aliphatic rings. The first kappa shape index (κ1) is 65.1. The first-order valence-corrected chi connectivity index (χ1v) is 27.7. The molecule has 6 saturated carbocycles. The summed E-state index contributed by atoms with van der Waals surface area (Å²) >= 11 is 0. The number of amides is 4. The first-order chi connectivity index (χ1) is 40.6. The van der Waals surface area contributed by atoms with Gasteiger partial charge in [-0.3, -0.25) is 19.2 Å². The number of ether oxygens (including phenoxy) is 3. The number of anilines is 2. The van der Waals surface area contributed by atoms with Crippen molar-refractivity contribution in [2.75, 3.05) is 52.5 Å². The van der Waals surface area contributed by atoms with Gasteiger partial charge in [0.05, 0.1) is 36.5 Å². The Balaban J connectivity index is 0.000000214.